The van der Waals surface area contributed by atoms with Crippen LogP contribution in [0.1, 0.15) is 13.3 Å². The molecule has 0 aromatic carbocycles. The van der Waals surface area contributed by atoms with Crippen LogP contribution in [0.15, 0.2) is 12.7 Å². The molecule has 1 aliphatic rings. The first-order valence-electron chi connectivity index (χ1n) is 5.17. The first-order valence-corrected chi connectivity index (χ1v) is 7.69. The third kappa shape index (κ3) is 4.15. The number of hydrogen-bond donors (Lipinski definition) is 0. The summed E-state index contributed by atoms with van der Waals surface area (Å²) in [6, 6.07) is 0.678. The number of carbonyl (C=O) groups excluding carboxylic acids is 1. The lowest BCUT2D eigenvalue weighted by molar-refractivity contribution is -0.137. The quantitative estimate of drug-likeness (QED) is 0.418. The zero-order valence-corrected chi connectivity index (χ0v) is 10.3. The van der Waals surface area contributed by atoms with Crippen molar-refractivity contribution in [2.75, 3.05) is 13.2 Å². The standard InChI is InChI=1S/C10H18O4Si/c1-4-10(11)12-7-8-15(3)13-6-5-9(2)14-15/h4,9H,1,5-8H2,2-3H3. The zero-order chi connectivity index (χ0) is 11.3. The van der Waals surface area contributed by atoms with Crippen molar-refractivity contribution in [2.45, 2.75) is 32.0 Å². The fraction of sp³-hybridized carbons (Fsp3) is 0.700. The largest absolute Gasteiger partial charge is 0.463 e. The van der Waals surface area contributed by atoms with Gasteiger partial charge in [0.2, 0.25) is 0 Å². The van der Waals surface area contributed by atoms with Gasteiger partial charge in [-0.1, -0.05) is 6.58 Å². The Balaban J connectivity index is 2.29. The van der Waals surface area contributed by atoms with Gasteiger partial charge in [0, 0.05) is 24.8 Å². The van der Waals surface area contributed by atoms with E-state index in [1.807, 2.05) is 13.5 Å². The van der Waals surface area contributed by atoms with Crippen molar-refractivity contribution in [1.82, 2.24) is 0 Å². The molecule has 4 nitrogen and oxygen atoms in total. The molecule has 2 atom stereocenters. The average Bonchev–Trinajstić information content (AvgIpc) is 2.16. The SMILES string of the molecule is C=CC(=O)OCC[Si]1(C)OCCC(C)O1. The van der Waals surface area contributed by atoms with Crippen LogP contribution in [0.5, 0.6) is 0 Å². The molecule has 15 heavy (non-hydrogen) atoms. The maximum atomic E-state index is 10.8. The summed E-state index contributed by atoms with van der Waals surface area (Å²) in [6.07, 6.45) is 2.36. The van der Waals surface area contributed by atoms with Gasteiger partial charge in [-0.15, -0.1) is 0 Å². The molecule has 0 radical (unpaired) electrons. The Morgan fingerprint density at radius 1 is 1.73 bits per heavy atom. The fourth-order valence-electron chi connectivity index (χ4n) is 1.49. The highest BCUT2D eigenvalue weighted by Gasteiger charge is 2.36. The molecule has 0 aromatic heterocycles. The molecule has 1 rings (SSSR count). The molecule has 86 valence electrons. The van der Waals surface area contributed by atoms with E-state index in [4.69, 9.17) is 13.6 Å². The normalized spacial score (nSPS) is 30.9. The lowest BCUT2D eigenvalue weighted by Crippen LogP contribution is -2.47. The first kappa shape index (κ1) is 12.4. The molecular weight excluding hydrogens is 212 g/mol. The van der Waals surface area contributed by atoms with Gasteiger partial charge in [-0.2, -0.15) is 0 Å². The maximum Gasteiger partial charge on any atom is 0.338 e. The highest BCUT2D eigenvalue weighted by atomic mass is 28.4. The Bertz CT molecular complexity index is 244. The summed E-state index contributed by atoms with van der Waals surface area (Å²) in [5.41, 5.74) is 0. The Hall–Kier alpha value is -0.653. The van der Waals surface area contributed by atoms with Crippen LogP contribution in [0, 0.1) is 0 Å². The summed E-state index contributed by atoms with van der Waals surface area (Å²) < 4.78 is 16.4. The van der Waals surface area contributed by atoms with Gasteiger partial charge in [0.05, 0.1) is 6.61 Å². The molecule has 0 N–H and O–H groups in total. The predicted molar refractivity (Wildman–Crippen MR) is 58.7 cm³/mol. The summed E-state index contributed by atoms with van der Waals surface area (Å²) >= 11 is 0. The van der Waals surface area contributed by atoms with E-state index in [9.17, 15) is 4.79 Å². The van der Waals surface area contributed by atoms with E-state index in [1.165, 1.54) is 0 Å². The van der Waals surface area contributed by atoms with Crippen LogP contribution in [0.2, 0.25) is 12.6 Å². The molecule has 1 fully saturated rings. The third-order valence-corrected chi connectivity index (χ3v) is 5.18. The molecule has 0 aliphatic carbocycles. The zero-order valence-electron chi connectivity index (χ0n) is 9.32. The molecule has 1 aliphatic heterocycles. The van der Waals surface area contributed by atoms with E-state index in [2.05, 4.69) is 6.58 Å². The fourth-order valence-corrected chi connectivity index (χ4v) is 3.81. The Kier molecular flexibility index (Phi) is 4.50. The van der Waals surface area contributed by atoms with Gasteiger partial charge in [0.1, 0.15) is 0 Å². The van der Waals surface area contributed by atoms with Crippen molar-refractivity contribution in [2.24, 2.45) is 0 Å². The van der Waals surface area contributed by atoms with Gasteiger partial charge < -0.3 is 13.6 Å². The van der Waals surface area contributed by atoms with Crippen molar-refractivity contribution in [1.29, 1.82) is 0 Å². The maximum absolute atomic E-state index is 10.8. The predicted octanol–water partition coefficient (Wildman–Crippen LogP) is 1.61. The lowest BCUT2D eigenvalue weighted by Gasteiger charge is -2.35. The van der Waals surface area contributed by atoms with Crippen molar-refractivity contribution in [3.63, 3.8) is 0 Å². The van der Waals surface area contributed by atoms with E-state index in [1.54, 1.807) is 0 Å². The second-order valence-electron chi connectivity index (χ2n) is 3.82. The van der Waals surface area contributed by atoms with Crippen LogP contribution in [0.3, 0.4) is 0 Å². The van der Waals surface area contributed by atoms with E-state index in [-0.39, 0.29) is 6.10 Å². The molecule has 2 unspecified atom stereocenters. The summed E-state index contributed by atoms with van der Waals surface area (Å²) in [4.78, 5) is 10.8. The second-order valence-corrected chi connectivity index (χ2v) is 7.11. The van der Waals surface area contributed by atoms with Crippen LogP contribution >= 0.6 is 0 Å². The Morgan fingerprint density at radius 3 is 3.07 bits per heavy atom. The average molecular weight is 230 g/mol. The number of rotatable bonds is 4. The highest BCUT2D eigenvalue weighted by Crippen LogP contribution is 2.22. The molecule has 1 saturated heterocycles. The molecule has 5 heteroatoms. The minimum Gasteiger partial charge on any atom is -0.463 e. The number of carbonyl (C=O) groups is 1. The molecule has 0 aromatic rings. The van der Waals surface area contributed by atoms with Crippen molar-refractivity contribution in [3.05, 3.63) is 12.7 Å². The molecule has 0 saturated carbocycles. The van der Waals surface area contributed by atoms with Crippen LogP contribution < -0.4 is 0 Å². The molecule has 1 heterocycles. The summed E-state index contributed by atoms with van der Waals surface area (Å²) in [6.45, 7) is 8.48. The number of ether oxygens (including phenoxy) is 1. The van der Waals surface area contributed by atoms with Crippen molar-refractivity contribution < 1.29 is 18.4 Å². The molecule has 0 bridgehead atoms. The van der Waals surface area contributed by atoms with Crippen LogP contribution in [-0.4, -0.2) is 33.8 Å². The van der Waals surface area contributed by atoms with E-state index in [0.717, 1.165) is 19.1 Å². The number of esters is 1. The van der Waals surface area contributed by atoms with Gasteiger partial charge in [-0.25, -0.2) is 4.79 Å². The van der Waals surface area contributed by atoms with Gasteiger partial charge in [-0.05, 0) is 19.9 Å². The van der Waals surface area contributed by atoms with Gasteiger partial charge in [0.15, 0.2) is 0 Å². The van der Waals surface area contributed by atoms with Crippen LogP contribution in [-0.2, 0) is 18.4 Å². The van der Waals surface area contributed by atoms with Crippen LogP contribution in [0.4, 0.5) is 0 Å². The van der Waals surface area contributed by atoms with Crippen LogP contribution in [0.25, 0.3) is 0 Å². The number of hydrogen-bond acceptors (Lipinski definition) is 4. The monoisotopic (exact) mass is 230 g/mol. The lowest BCUT2D eigenvalue weighted by atomic mass is 10.3. The highest BCUT2D eigenvalue weighted by molar-refractivity contribution is 6.66. The first-order chi connectivity index (χ1) is 7.06. The van der Waals surface area contributed by atoms with E-state index < -0.39 is 14.5 Å². The molecule has 0 amide bonds. The van der Waals surface area contributed by atoms with E-state index >= 15 is 0 Å². The van der Waals surface area contributed by atoms with Crippen molar-refractivity contribution in [3.8, 4) is 0 Å². The Labute approximate surface area is 91.5 Å². The Morgan fingerprint density at radius 2 is 2.47 bits per heavy atom. The summed E-state index contributed by atoms with van der Waals surface area (Å²) in [5.74, 6) is -0.392. The topological polar surface area (TPSA) is 44.8 Å². The van der Waals surface area contributed by atoms with E-state index in [0.29, 0.717) is 12.7 Å². The van der Waals surface area contributed by atoms with Gasteiger partial charge >= 0.3 is 14.5 Å². The summed E-state index contributed by atoms with van der Waals surface area (Å²) in [7, 11) is -2.09. The minimum absolute atomic E-state index is 0.255. The second kappa shape index (κ2) is 5.44. The smallest absolute Gasteiger partial charge is 0.338 e. The molecule has 0 spiro atoms. The van der Waals surface area contributed by atoms with Gasteiger partial charge in [-0.3, -0.25) is 0 Å². The summed E-state index contributed by atoms with van der Waals surface area (Å²) in [5, 5.41) is 0. The van der Waals surface area contributed by atoms with Gasteiger partial charge in [0.25, 0.3) is 0 Å². The third-order valence-electron chi connectivity index (χ3n) is 2.35. The van der Waals surface area contributed by atoms with Crippen molar-refractivity contribution >= 4 is 14.5 Å². The minimum atomic E-state index is -2.09. The molecular formula is C10H18O4Si.